The lowest BCUT2D eigenvalue weighted by Gasteiger charge is -2.55. The van der Waals surface area contributed by atoms with Gasteiger partial charge in [0.15, 0.2) is 11.4 Å². The monoisotopic (exact) mass is 540 g/mol. The molecule has 10 heteroatoms. The second-order valence-electron chi connectivity index (χ2n) is 11.2. The van der Waals surface area contributed by atoms with Crippen LogP contribution in [0.15, 0.2) is 35.1 Å². The van der Waals surface area contributed by atoms with Crippen LogP contribution >= 0.6 is 0 Å². The van der Waals surface area contributed by atoms with Gasteiger partial charge < -0.3 is 26.2 Å². The number of aliphatic hydroxyl groups is 3. The quantitative estimate of drug-likeness (QED) is 0.244. The summed E-state index contributed by atoms with van der Waals surface area (Å²) in [5.41, 5.74) is 2.02. The van der Waals surface area contributed by atoms with Crippen molar-refractivity contribution in [2.75, 3.05) is 14.1 Å². The fraction of sp³-hybridized carbons (Fsp3) is 0.517. The van der Waals surface area contributed by atoms with Crippen LogP contribution in [0.2, 0.25) is 0 Å². The molecule has 39 heavy (non-hydrogen) atoms. The van der Waals surface area contributed by atoms with Gasteiger partial charge in [-0.15, -0.1) is 0 Å². The van der Waals surface area contributed by atoms with Crippen LogP contribution in [0.1, 0.15) is 63.0 Å². The van der Waals surface area contributed by atoms with Crippen LogP contribution in [0.25, 0.3) is 5.76 Å². The molecule has 6 N–H and O–H groups in total. The Balaban J connectivity index is 2.03. The summed E-state index contributed by atoms with van der Waals surface area (Å²) in [6.07, 6.45) is 2.50. The van der Waals surface area contributed by atoms with Gasteiger partial charge in [-0.3, -0.25) is 24.1 Å². The normalized spacial score (nSPS) is 30.3. The molecular weight excluding hydrogens is 504 g/mol. The van der Waals surface area contributed by atoms with E-state index >= 15 is 0 Å². The van der Waals surface area contributed by atoms with Crippen molar-refractivity contribution in [3.05, 3.63) is 46.2 Å². The fourth-order valence-corrected chi connectivity index (χ4v) is 7.00. The van der Waals surface area contributed by atoms with Gasteiger partial charge in [-0.2, -0.15) is 0 Å². The van der Waals surface area contributed by atoms with E-state index in [1.807, 2.05) is 6.92 Å². The second kappa shape index (κ2) is 10.2. The Morgan fingerprint density at radius 2 is 1.77 bits per heavy atom. The molecule has 4 rings (SSSR count). The number of nitrogens with two attached hydrogens (primary N) is 1. The molecule has 0 spiro atoms. The van der Waals surface area contributed by atoms with E-state index < -0.39 is 69.9 Å². The van der Waals surface area contributed by atoms with Crippen molar-refractivity contribution in [2.45, 2.75) is 63.5 Å². The predicted octanol–water partition coefficient (Wildman–Crippen LogP) is 2.29. The first-order valence-electron chi connectivity index (χ1n) is 13.3. The predicted molar refractivity (Wildman–Crippen MR) is 142 cm³/mol. The van der Waals surface area contributed by atoms with E-state index in [0.717, 1.165) is 12.8 Å². The van der Waals surface area contributed by atoms with Crippen LogP contribution in [0.3, 0.4) is 0 Å². The summed E-state index contributed by atoms with van der Waals surface area (Å²) in [4.78, 5) is 54.7. The number of nitrogens with zero attached hydrogens (tertiary/aromatic N) is 1. The van der Waals surface area contributed by atoms with E-state index in [9.17, 15) is 39.6 Å². The highest BCUT2D eigenvalue weighted by Crippen LogP contribution is 2.59. The first-order valence-corrected chi connectivity index (χ1v) is 13.3. The highest BCUT2D eigenvalue weighted by Gasteiger charge is 2.68. The lowest BCUT2D eigenvalue weighted by atomic mass is 9.50. The number of Topliss-reactive ketones (excluding diaryl/α,β-unsaturated/α-hetero) is 3. The summed E-state index contributed by atoms with van der Waals surface area (Å²) < 4.78 is 0. The first kappa shape index (κ1) is 28.5. The van der Waals surface area contributed by atoms with E-state index in [-0.39, 0.29) is 35.5 Å². The smallest absolute Gasteiger partial charge is 0.255 e. The zero-order valence-electron chi connectivity index (χ0n) is 22.6. The van der Waals surface area contributed by atoms with Gasteiger partial charge >= 0.3 is 0 Å². The number of phenols is 1. The van der Waals surface area contributed by atoms with Crippen LogP contribution in [-0.2, 0) is 19.2 Å². The molecule has 1 amide bonds. The molecule has 3 aliphatic rings. The van der Waals surface area contributed by atoms with Crippen molar-refractivity contribution in [2.24, 2.45) is 23.5 Å². The third-order valence-electron chi connectivity index (χ3n) is 8.70. The minimum Gasteiger partial charge on any atom is -0.508 e. The zero-order chi connectivity index (χ0) is 29.0. The summed E-state index contributed by atoms with van der Waals surface area (Å²) in [6.45, 7) is 3.80. The SMILES string of the molecule is CCCCCC(=O)C[C@H]1[C@H]2C(=C(O)c3c(O)cccc3[C@@H]2C)C(=O)[C@]2(O)C(O)=C(C(N)=O)C(=O)C(N(C)C)[C@H]12. The van der Waals surface area contributed by atoms with E-state index in [4.69, 9.17) is 5.73 Å². The molecule has 210 valence electrons. The molecule has 1 fully saturated rings. The van der Waals surface area contributed by atoms with Gasteiger partial charge in [0.1, 0.15) is 28.6 Å². The largest absolute Gasteiger partial charge is 0.508 e. The third-order valence-corrected chi connectivity index (χ3v) is 8.70. The average Bonchev–Trinajstić information content (AvgIpc) is 2.85. The molecule has 1 aromatic rings. The molecule has 0 heterocycles. The first-order chi connectivity index (χ1) is 18.3. The zero-order valence-corrected chi connectivity index (χ0v) is 22.6. The molecule has 6 atom stereocenters. The molecule has 0 aromatic heterocycles. The van der Waals surface area contributed by atoms with Crippen LogP contribution in [0, 0.1) is 17.8 Å². The second-order valence-corrected chi connectivity index (χ2v) is 11.2. The summed E-state index contributed by atoms with van der Waals surface area (Å²) in [6, 6.07) is 3.39. The average molecular weight is 541 g/mol. The molecule has 0 saturated heterocycles. The number of carbonyl (C=O) groups excluding carboxylic acids is 4. The van der Waals surface area contributed by atoms with E-state index in [2.05, 4.69) is 0 Å². The van der Waals surface area contributed by atoms with E-state index in [1.165, 1.54) is 25.1 Å². The van der Waals surface area contributed by atoms with Crippen molar-refractivity contribution >= 4 is 29.0 Å². The maximum atomic E-state index is 14.2. The molecule has 10 nitrogen and oxygen atoms in total. The van der Waals surface area contributed by atoms with E-state index in [0.29, 0.717) is 12.0 Å². The Kier molecular flexibility index (Phi) is 7.48. The Morgan fingerprint density at radius 3 is 2.36 bits per heavy atom. The lowest BCUT2D eigenvalue weighted by Crippen LogP contribution is -2.69. The van der Waals surface area contributed by atoms with Gasteiger partial charge in [0, 0.05) is 30.3 Å². The van der Waals surface area contributed by atoms with Crippen LogP contribution in [-0.4, -0.2) is 74.3 Å². The van der Waals surface area contributed by atoms with Gasteiger partial charge in [-0.05, 0) is 44.0 Å². The summed E-state index contributed by atoms with van der Waals surface area (Å²) in [5, 5.41) is 45.2. The molecule has 1 aromatic carbocycles. The minimum atomic E-state index is -2.82. The van der Waals surface area contributed by atoms with Crippen LogP contribution in [0.4, 0.5) is 0 Å². The van der Waals surface area contributed by atoms with E-state index in [1.54, 1.807) is 19.1 Å². The van der Waals surface area contributed by atoms with Gasteiger partial charge in [0.25, 0.3) is 5.91 Å². The number of fused-ring (bicyclic) bond motifs is 3. The Hall–Kier alpha value is -3.50. The van der Waals surface area contributed by atoms with Gasteiger partial charge in [-0.1, -0.05) is 38.8 Å². The highest BCUT2D eigenvalue weighted by molar-refractivity contribution is 6.24. The number of rotatable bonds is 8. The topological polar surface area (TPSA) is 178 Å². The third kappa shape index (κ3) is 4.17. The van der Waals surface area contributed by atoms with Gasteiger partial charge in [0.05, 0.1) is 11.6 Å². The highest BCUT2D eigenvalue weighted by atomic mass is 16.3. The number of hydrogen-bond donors (Lipinski definition) is 5. The fourth-order valence-electron chi connectivity index (χ4n) is 7.00. The van der Waals surface area contributed by atoms with Crippen molar-refractivity contribution in [1.29, 1.82) is 0 Å². The number of aromatic hydroxyl groups is 1. The van der Waals surface area contributed by atoms with Crippen molar-refractivity contribution in [3.8, 4) is 5.75 Å². The molecule has 1 unspecified atom stereocenters. The number of primary amides is 1. The number of aliphatic hydroxyl groups excluding tert-OH is 2. The van der Waals surface area contributed by atoms with Crippen molar-refractivity contribution in [3.63, 3.8) is 0 Å². The Labute approximate surface area is 226 Å². The van der Waals surface area contributed by atoms with Crippen molar-refractivity contribution in [1.82, 2.24) is 4.90 Å². The summed E-state index contributed by atoms with van der Waals surface area (Å²) in [7, 11) is 3.07. The van der Waals surface area contributed by atoms with Crippen LogP contribution < -0.4 is 5.73 Å². The minimum absolute atomic E-state index is 0.0225. The van der Waals surface area contributed by atoms with Gasteiger partial charge in [-0.25, -0.2) is 0 Å². The Morgan fingerprint density at radius 1 is 1.10 bits per heavy atom. The summed E-state index contributed by atoms with van der Waals surface area (Å²) >= 11 is 0. The molecule has 0 radical (unpaired) electrons. The summed E-state index contributed by atoms with van der Waals surface area (Å²) in [5.74, 6) is -8.99. The Bertz CT molecular complexity index is 1310. The number of carbonyl (C=O) groups is 4. The van der Waals surface area contributed by atoms with Crippen LogP contribution in [0.5, 0.6) is 5.75 Å². The molecular formula is C29H36N2O8. The number of likely N-dealkylation sites (N-methyl/N-ethyl adjacent to an activating group) is 1. The number of unbranched alkanes of at least 4 members (excludes halogenated alkanes) is 2. The number of ketones is 3. The number of hydrogen-bond acceptors (Lipinski definition) is 9. The number of amides is 1. The molecule has 3 aliphatic carbocycles. The number of phenolic OH excluding ortho intramolecular Hbond substituents is 1. The number of benzene rings is 1. The molecule has 1 saturated carbocycles. The lowest BCUT2D eigenvalue weighted by molar-refractivity contribution is -0.162. The molecule has 0 aliphatic heterocycles. The maximum Gasteiger partial charge on any atom is 0.255 e. The van der Waals surface area contributed by atoms with Gasteiger partial charge in [0.2, 0.25) is 5.78 Å². The van der Waals surface area contributed by atoms with Crippen molar-refractivity contribution < 1.29 is 39.6 Å². The molecule has 0 bridgehead atoms. The maximum absolute atomic E-state index is 14.2. The standard InChI is InChI=1S/C29H36N2O8/c1-5-6-7-9-14(32)12-16-18-13(2)15-10-8-11-17(33)19(15)24(34)20(18)26(36)29(39)22(16)23(31(3)4)25(35)21(27(29)37)28(30)38/h8,10-11,13,16,18,22-23,33-34,37,39H,5-7,9,12H2,1-4H3,(H2,30,38)/t13-,16-,18-,22-,23?,29-/m0/s1.